The molecule has 5 rings (SSSR count). The highest BCUT2D eigenvalue weighted by Crippen LogP contribution is 2.35. The van der Waals surface area contributed by atoms with Gasteiger partial charge in [-0.05, 0) is 43.2 Å². The molecule has 184 valence electrons. The van der Waals surface area contributed by atoms with Crippen LogP contribution in [0.2, 0.25) is 0 Å². The third-order valence-corrected chi connectivity index (χ3v) is 6.59. The van der Waals surface area contributed by atoms with E-state index in [1.165, 1.54) is 0 Å². The van der Waals surface area contributed by atoms with Crippen molar-refractivity contribution < 1.29 is 19.1 Å². The number of carbonyl (C=O) groups excluding carboxylic acids is 2. The molecular formula is C27H27N5O4. The fourth-order valence-corrected chi connectivity index (χ4v) is 4.27. The summed E-state index contributed by atoms with van der Waals surface area (Å²) in [5, 5.41) is 11.3. The molecule has 4 aromatic rings. The number of benzene rings is 3. The highest BCUT2D eigenvalue weighted by Gasteiger charge is 2.41. The van der Waals surface area contributed by atoms with E-state index < -0.39 is 5.54 Å². The van der Waals surface area contributed by atoms with E-state index in [0.717, 1.165) is 11.1 Å². The van der Waals surface area contributed by atoms with Crippen LogP contribution in [0.1, 0.15) is 25.8 Å². The lowest BCUT2D eigenvalue weighted by molar-refractivity contribution is -0.146. The molecule has 0 radical (unpaired) electrons. The second kappa shape index (κ2) is 9.69. The van der Waals surface area contributed by atoms with E-state index in [4.69, 9.17) is 9.47 Å². The van der Waals surface area contributed by atoms with Crippen molar-refractivity contribution >= 4 is 28.5 Å². The minimum Gasteiger partial charge on any atom is -0.454 e. The van der Waals surface area contributed by atoms with Crippen LogP contribution in [-0.4, -0.2) is 44.0 Å². The number of anilines is 1. The molecule has 1 atom stereocenters. The minimum absolute atomic E-state index is 0.0414. The number of nitrogens with one attached hydrogen (secondary N) is 1. The van der Waals surface area contributed by atoms with Crippen LogP contribution in [0.5, 0.6) is 11.5 Å². The van der Waals surface area contributed by atoms with Crippen LogP contribution >= 0.6 is 0 Å². The smallest absolute Gasteiger partial charge is 0.250 e. The van der Waals surface area contributed by atoms with E-state index in [1.54, 1.807) is 34.7 Å². The van der Waals surface area contributed by atoms with Gasteiger partial charge in [-0.25, -0.2) is 4.68 Å². The van der Waals surface area contributed by atoms with E-state index in [-0.39, 0.29) is 31.7 Å². The predicted octanol–water partition coefficient (Wildman–Crippen LogP) is 4.00. The summed E-state index contributed by atoms with van der Waals surface area (Å²) in [5.74, 6) is 0.671. The van der Waals surface area contributed by atoms with E-state index in [2.05, 4.69) is 15.6 Å². The molecule has 0 aliphatic carbocycles. The first kappa shape index (κ1) is 23.3. The van der Waals surface area contributed by atoms with Crippen molar-refractivity contribution in [1.29, 1.82) is 0 Å². The fraction of sp³-hybridized carbons (Fsp3) is 0.259. The van der Waals surface area contributed by atoms with Crippen LogP contribution in [0.25, 0.3) is 11.0 Å². The molecule has 3 aromatic carbocycles. The first-order chi connectivity index (χ1) is 17.5. The Morgan fingerprint density at radius 2 is 1.78 bits per heavy atom. The van der Waals surface area contributed by atoms with Gasteiger partial charge in [-0.2, -0.15) is 0 Å². The number of hydrogen-bond donors (Lipinski definition) is 1. The van der Waals surface area contributed by atoms with E-state index in [0.29, 0.717) is 29.1 Å². The molecule has 0 bridgehead atoms. The summed E-state index contributed by atoms with van der Waals surface area (Å²) in [7, 11) is 0. The van der Waals surface area contributed by atoms with Crippen LogP contribution in [0, 0.1) is 0 Å². The summed E-state index contributed by atoms with van der Waals surface area (Å²) >= 11 is 0. The Morgan fingerprint density at radius 3 is 2.58 bits per heavy atom. The largest absolute Gasteiger partial charge is 0.454 e. The Labute approximate surface area is 208 Å². The number of fused-ring (bicyclic) bond motifs is 2. The zero-order chi connectivity index (χ0) is 25.1. The van der Waals surface area contributed by atoms with Gasteiger partial charge in [0.25, 0.3) is 0 Å². The second-order valence-electron chi connectivity index (χ2n) is 8.85. The molecule has 2 amide bonds. The summed E-state index contributed by atoms with van der Waals surface area (Å²) in [5.41, 5.74) is 1.81. The number of amides is 2. The summed E-state index contributed by atoms with van der Waals surface area (Å²) in [6, 6.07) is 22.3. The summed E-state index contributed by atoms with van der Waals surface area (Å²) in [6.45, 7) is 4.06. The molecule has 9 heteroatoms. The first-order valence-corrected chi connectivity index (χ1v) is 11.8. The number of hydrogen-bond acceptors (Lipinski definition) is 6. The average Bonchev–Trinajstić information content (AvgIpc) is 3.54. The van der Waals surface area contributed by atoms with Gasteiger partial charge in [0.15, 0.2) is 11.5 Å². The molecule has 9 nitrogen and oxygen atoms in total. The maximum absolute atomic E-state index is 13.8. The second-order valence-corrected chi connectivity index (χ2v) is 8.85. The number of nitrogens with zero attached hydrogens (tertiary/aromatic N) is 4. The molecule has 2 heterocycles. The van der Waals surface area contributed by atoms with Gasteiger partial charge in [-0.1, -0.05) is 54.6 Å². The van der Waals surface area contributed by atoms with Crippen LogP contribution in [0.15, 0.2) is 72.8 Å². The van der Waals surface area contributed by atoms with Crippen LogP contribution < -0.4 is 14.8 Å². The molecule has 36 heavy (non-hydrogen) atoms. The molecular weight excluding hydrogens is 458 g/mol. The quantitative estimate of drug-likeness (QED) is 0.405. The Hall–Kier alpha value is -4.40. The molecule has 0 spiro atoms. The van der Waals surface area contributed by atoms with Crippen LogP contribution in [0.3, 0.4) is 0 Å². The highest BCUT2D eigenvalue weighted by molar-refractivity contribution is 6.00. The molecule has 1 aromatic heterocycles. The number of ether oxygens (including phenoxy) is 2. The van der Waals surface area contributed by atoms with E-state index in [9.17, 15) is 9.59 Å². The van der Waals surface area contributed by atoms with Gasteiger partial charge in [-0.15, -0.1) is 5.10 Å². The number of aromatic nitrogens is 3. The topological polar surface area (TPSA) is 98.6 Å². The van der Waals surface area contributed by atoms with Gasteiger partial charge in [0.05, 0.1) is 5.52 Å². The van der Waals surface area contributed by atoms with Gasteiger partial charge in [0.2, 0.25) is 18.6 Å². The SMILES string of the molecule is CCC(C)(C(=O)Nc1ccc2c(c1)OCO2)N(Cc1ccccc1)C(=O)Cn1nnc2ccccc21. The molecule has 0 saturated heterocycles. The minimum atomic E-state index is -1.14. The van der Waals surface area contributed by atoms with Crippen LogP contribution in [-0.2, 0) is 22.7 Å². The lowest BCUT2D eigenvalue weighted by atomic mass is 9.93. The van der Waals surface area contributed by atoms with E-state index >= 15 is 0 Å². The third-order valence-electron chi connectivity index (χ3n) is 6.59. The van der Waals surface area contributed by atoms with Crippen LogP contribution in [0.4, 0.5) is 5.69 Å². The van der Waals surface area contributed by atoms with Gasteiger partial charge < -0.3 is 19.7 Å². The van der Waals surface area contributed by atoms with E-state index in [1.807, 2.05) is 61.5 Å². The normalized spacial score (nSPS) is 13.8. The summed E-state index contributed by atoms with van der Waals surface area (Å²) in [6.07, 6.45) is 0.403. The Balaban J connectivity index is 1.44. The van der Waals surface area contributed by atoms with Gasteiger partial charge >= 0.3 is 0 Å². The molecule has 0 fully saturated rings. The summed E-state index contributed by atoms with van der Waals surface area (Å²) in [4.78, 5) is 29.1. The Kier molecular flexibility index (Phi) is 6.28. The fourth-order valence-electron chi connectivity index (χ4n) is 4.27. The molecule has 1 N–H and O–H groups in total. The summed E-state index contributed by atoms with van der Waals surface area (Å²) < 4.78 is 12.4. The van der Waals surface area contributed by atoms with Crippen molar-refractivity contribution in [3.63, 3.8) is 0 Å². The zero-order valence-corrected chi connectivity index (χ0v) is 20.2. The van der Waals surface area contributed by atoms with Crippen molar-refractivity contribution in [3.05, 3.63) is 78.4 Å². The number of carbonyl (C=O) groups is 2. The number of para-hydroxylation sites is 1. The van der Waals surface area contributed by atoms with Crippen molar-refractivity contribution in [3.8, 4) is 11.5 Å². The first-order valence-electron chi connectivity index (χ1n) is 11.8. The molecule has 1 unspecified atom stereocenters. The van der Waals surface area contributed by atoms with Crippen molar-refractivity contribution in [1.82, 2.24) is 19.9 Å². The predicted molar refractivity (Wildman–Crippen MR) is 134 cm³/mol. The average molecular weight is 486 g/mol. The van der Waals surface area contributed by atoms with Gasteiger partial charge in [0, 0.05) is 18.3 Å². The lowest BCUT2D eigenvalue weighted by Gasteiger charge is -2.39. The highest BCUT2D eigenvalue weighted by atomic mass is 16.7. The number of rotatable bonds is 8. The standard InChI is InChI=1S/C27H27N5O4/c1-3-27(2,26(34)28-20-13-14-23-24(15-20)36-18-35-23)31(16-19-9-5-4-6-10-19)25(33)17-32-22-12-8-7-11-21(22)29-30-32/h4-15H,3,16-18H2,1-2H3,(H,28,34). The Morgan fingerprint density at radius 1 is 1.03 bits per heavy atom. The van der Waals surface area contributed by atoms with Crippen molar-refractivity contribution in [2.75, 3.05) is 12.1 Å². The van der Waals surface area contributed by atoms with Crippen molar-refractivity contribution in [2.24, 2.45) is 0 Å². The molecule has 1 aliphatic heterocycles. The third kappa shape index (κ3) is 4.47. The monoisotopic (exact) mass is 485 g/mol. The maximum Gasteiger partial charge on any atom is 0.250 e. The molecule has 1 aliphatic rings. The Bertz CT molecular complexity index is 1400. The van der Waals surface area contributed by atoms with Crippen molar-refractivity contribution in [2.45, 2.75) is 38.9 Å². The maximum atomic E-state index is 13.8. The lowest BCUT2D eigenvalue weighted by Crippen LogP contribution is -2.57. The van der Waals surface area contributed by atoms with Gasteiger partial charge in [0.1, 0.15) is 17.6 Å². The molecule has 0 saturated carbocycles. The zero-order valence-electron chi connectivity index (χ0n) is 20.2. The van der Waals surface area contributed by atoms with Gasteiger partial charge in [-0.3, -0.25) is 9.59 Å².